The van der Waals surface area contributed by atoms with Gasteiger partial charge < -0.3 is 0 Å². The Bertz CT molecular complexity index is 471. The number of rotatable bonds is 2. The van der Waals surface area contributed by atoms with E-state index in [-0.39, 0.29) is 16.7 Å². The van der Waals surface area contributed by atoms with E-state index in [1.165, 1.54) is 13.8 Å². The first kappa shape index (κ1) is 12.4. The molecule has 2 nitrogen and oxygen atoms in total. The average molecular weight is 255 g/mol. The van der Waals surface area contributed by atoms with Crippen molar-refractivity contribution in [2.24, 2.45) is 0 Å². The minimum atomic E-state index is -3.82. The molecule has 0 atom stereocenters. The summed E-state index contributed by atoms with van der Waals surface area (Å²) in [6.07, 6.45) is 0. The minimum Gasteiger partial charge on any atom is -0.212 e. The first-order valence-corrected chi connectivity index (χ1v) is 6.56. The predicted octanol–water partition coefficient (Wildman–Crippen LogP) is 2.65. The summed E-state index contributed by atoms with van der Waals surface area (Å²) in [5.74, 6) is -2.11. The Kier molecular flexibility index (Phi) is 3.35. The highest BCUT2D eigenvalue weighted by molar-refractivity contribution is 8.13. The van der Waals surface area contributed by atoms with Crippen molar-refractivity contribution in [1.82, 2.24) is 0 Å². The van der Waals surface area contributed by atoms with Gasteiger partial charge in [0.25, 0.3) is 0 Å². The van der Waals surface area contributed by atoms with Gasteiger partial charge in [0, 0.05) is 16.7 Å². The lowest BCUT2D eigenvalue weighted by Crippen LogP contribution is -2.04. The molecule has 0 N–H and O–H groups in total. The van der Waals surface area contributed by atoms with Crippen LogP contribution in [0.4, 0.5) is 8.78 Å². The van der Waals surface area contributed by atoms with E-state index in [2.05, 4.69) is 0 Å². The molecule has 1 aromatic carbocycles. The first-order chi connectivity index (χ1) is 6.72. The van der Waals surface area contributed by atoms with Gasteiger partial charge in [-0.1, -0.05) is 0 Å². The summed E-state index contributed by atoms with van der Waals surface area (Å²) in [5, 5.41) is 0. The van der Waals surface area contributed by atoms with Crippen molar-refractivity contribution in [2.75, 3.05) is 0 Å². The molecule has 0 amide bonds. The van der Waals surface area contributed by atoms with Crippen LogP contribution in [0.2, 0.25) is 0 Å². The molecule has 0 unspecified atom stereocenters. The number of halogens is 3. The summed E-state index contributed by atoms with van der Waals surface area (Å²) in [5.41, 5.74) is 0.304. The Morgan fingerprint density at radius 2 is 1.60 bits per heavy atom. The molecule has 15 heavy (non-hydrogen) atoms. The molecule has 1 aromatic rings. The Morgan fingerprint density at radius 3 is 1.93 bits per heavy atom. The quantitative estimate of drug-likeness (QED) is 0.761. The molecule has 0 aromatic heterocycles. The van der Waals surface area contributed by atoms with E-state index in [0.717, 1.165) is 6.07 Å². The summed E-state index contributed by atoms with van der Waals surface area (Å²) in [6.45, 7) is 2.78. The molecule has 0 aliphatic rings. The highest BCUT2D eigenvalue weighted by atomic mass is 35.7. The molecule has 0 fully saturated rings. The highest BCUT2D eigenvalue weighted by Crippen LogP contribution is 2.23. The van der Waals surface area contributed by atoms with Crippen LogP contribution >= 0.6 is 10.7 Å². The Hall–Kier alpha value is -0.680. The van der Waals surface area contributed by atoms with Gasteiger partial charge in [0.2, 0.25) is 9.05 Å². The molecular weight excluding hydrogens is 246 g/mol. The van der Waals surface area contributed by atoms with Crippen molar-refractivity contribution in [3.8, 4) is 0 Å². The van der Waals surface area contributed by atoms with Crippen molar-refractivity contribution in [3.05, 3.63) is 34.4 Å². The molecular formula is C9H9ClF2O2S. The van der Waals surface area contributed by atoms with Crippen LogP contribution in [0.1, 0.15) is 16.7 Å². The summed E-state index contributed by atoms with van der Waals surface area (Å²) in [7, 11) is 1.23. The van der Waals surface area contributed by atoms with Crippen LogP contribution in [0.5, 0.6) is 0 Å². The van der Waals surface area contributed by atoms with Crippen LogP contribution < -0.4 is 0 Å². The van der Waals surface area contributed by atoms with E-state index in [1.807, 2.05) is 0 Å². The monoisotopic (exact) mass is 254 g/mol. The molecule has 0 saturated carbocycles. The van der Waals surface area contributed by atoms with Gasteiger partial charge in [-0.2, -0.15) is 0 Å². The topological polar surface area (TPSA) is 34.1 Å². The molecule has 0 spiro atoms. The van der Waals surface area contributed by atoms with E-state index in [9.17, 15) is 17.2 Å². The van der Waals surface area contributed by atoms with Crippen LogP contribution in [0.3, 0.4) is 0 Å². The van der Waals surface area contributed by atoms with Gasteiger partial charge in [-0.05, 0) is 30.5 Å². The van der Waals surface area contributed by atoms with E-state index >= 15 is 0 Å². The molecule has 0 aliphatic carbocycles. The fourth-order valence-electron chi connectivity index (χ4n) is 1.29. The van der Waals surface area contributed by atoms with E-state index < -0.39 is 26.4 Å². The van der Waals surface area contributed by atoms with Gasteiger partial charge in [-0.25, -0.2) is 17.2 Å². The molecule has 1 rings (SSSR count). The summed E-state index contributed by atoms with van der Waals surface area (Å²) >= 11 is 0. The maximum absolute atomic E-state index is 13.1. The fraction of sp³-hybridized carbons (Fsp3) is 0.333. The predicted molar refractivity (Wildman–Crippen MR) is 54.3 cm³/mol. The molecule has 6 heteroatoms. The second kappa shape index (κ2) is 4.06. The van der Waals surface area contributed by atoms with Gasteiger partial charge in [0.1, 0.15) is 11.6 Å². The van der Waals surface area contributed by atoms with Gasteiger partial charge in [-0.15, -0.1) is 0 Å². The third-order valence-corrected chi connectivity index (χ3v) is 3.15. The van der Waals surface area contributed by atoms with Gasteiger partial charge >= 0.3 is 0 Å². The van der Waals surface area contributed by atoms with Gasteiger partial charge in [-0.3, -0.25) is 0 Å². The Labute approximate surface area is 91.3 Å². The zero-order valence-electron chi connectivity index (χ0n) is 8.14. The molecule has 0 aliphatic heterocycles. The maximum atomic E-state index is 13.1. The van der Waals surface area contributed by atoms with Crippen LogP contribution in [-0.4, -0.2) is 8.42 Å². The van der Waals surface area contributed by atoms with Crippen molar-refractivity contribution < 1.29 is 17.2 Å². The summed E-state index contributed by atoms with van der Waals surface area (Å²) < 4.78 is 47.9. The third-order valence-electron chi connectivity index (χ3n) is 2.19. The van der Waals surface area contributed by atoms with E-state index in [0.29, 0.717) is 0 Å². The SMILES string of the molecule is Cc1c(F)cc(F)c(C)c1CS(=O)(=O)Cl. The van der Waals surface area contributed by atoms with Crippen molar-refractivity contribution >= 4 is 19.7 Å². The lowest BCUT2D eigenvalue weighted by Gasteiger charge is -2.09. The maximum Gasteiger partial charge on any atom is 0.236 e. The van der Waals surface area contributed by atoms with E-state index in [4.69, 9.17) is 10.7 Å². The van der Waals surface area contributed by atoms with Crippen LogP contribution in [0.25, 0.3) is 0 Å². The lowest BCUT2D eigenvalue weighted by atomic mass is 10.0. The summed E-state index contributed by atoms with van der Waals surface area (Å²) in [6, 6.07) is 0.731. The van der Waals surface area contributed by atoms with Gasteiger partial charge in [0.15, 0.2) is 0 Å². The van der Waals surface area contributed by atoms with E-state index in [1.54, 1.807) is 0 Å². The zero-order valence-corrected chi connectivity index (χ0v) is 9.72. The van der Waals surface area contributed by atoms with Crippen molar-refractivity contribution in [1.29, 1.82) is 0 Å². The molecule has 0 saturated heterocycles. The standard InChI is InChI=1S/C9H9ClF2O2S/c1-5-7(4-15(10,13)14)6(2)9(12)3-8(5)11/h3H,4H2,1-2H3. The third kappa shape index (κ3) is 2.89. The summed E-state index contributed by atoms with van der Waals surface area (Å²) in [4.78, 5) is 0. The number of hydrogen-bond donors (Lipinski definition) is 0. The second-order valence-corrected chi connectivity index (χ2v) is 6.03. The largest absolute Gasteiger partial charge is 0.236 e. The number of hydrogen-bond acceptors (Lipinski definition) is 2. The van der Waals surface area contributed by atoms with Crippen LogP contribution in [0, 0.1) is 25.5 Å². The fourth-order valence-corrected chi connectivity index (χ4v) is 2.39. The second-order valence-electron chi connectivity index (χ2n) is 3.25. The molecule has 84 valence electrons. The smallest absolute Gasteiger partial charge is 0.212 e. The van der Waals surface area contributed by atoms with Crippen LogP contribution in [0.15, 0.2) is 6.07 Å². The molecule has 0 heterocycles. The normalized spacial score (nSPS) is 11.8. The minimum absolute atomic E-state index is 0.0856. The Morgan fingerprint density at radius 1 is 1.20 bits per heavy atom. The molecule has 0 radical (unpaired) electrons. The highest BCUT2D eigenvalue weighted by Gasteiger charge is 2.17. The van der Waals surface area contributed by atoms with Gasteiger partial charge in [0.05, 0.1) is 5.75 Å². The van der Waals surface area contributed by atoms with Crippen molar-refractivity contribution in [3.63, 3.8) is 0 Å². The average Bonchev–Trinajstić information content (AvgIpc) is 2.08. The van der Waals surface area contributed by atoms with Crippen LogP contribution in [-0.2, 0) is 14.8 Å². The Balaban J connectivity index is 3.40. The van der Waals surface area contributed by atoms with Crippen molar-refractivity contribution in [2.45, 2.75) is 19.6 Å². The zero-order chi connectivity index (χ0) is 11.8. The number of benzene rings is 1. The first-order valence-electron chi connectivity index (χ1n) is 4.09. The molecule has 0 bridgehead atoms. The lowest BCUT2D eigenvalue weighted by molar-refractivity contribution is 0.567.